The highest BCUT2D eigenvalue weighted by Crippen LogP contribution is 2.34. The fourth-order valence-electron chi connectivity index (χ4n) is 4.03. The Hall–Kier alpha value is -0.750. The van der Waals surface area contributed by atoms with E-state index in [2.05, 4.69) is 26.1 Å². The molecule has 0 aromatic rings. The number of carbonyl (C=O) groups is 1. The van der Waals surface area contributed by atoms with Crippen LogP contribution in [0.1, 0.15) is 113 Å². The molecule has 0 aromatic heterocycles. The smallest absolute Gasteiger partial charge is 0.137 e. The molecule has 0 saturated heterocycles. The topological polar surface area (TPSA) is 95.6 Å². The third-order valence-electron chi connectivity index (χ3n) is 6.00. The minimum atomic E-state index is -0.697. The number of nitrogens with two attached hydrogens (primary N) is 1. The molecule has 0 aromatic carbocycles. The number of carbonyl (C=O) groups excluding carboxylic acids is 1. The van der Waals surface area contributed by atoms with Crippen LogP contribution in [0.25, 0.3) is 0 Å². The molecule has 0 heterocycles. The third-order valence-corrected chi connectivity index (χ3v) is 6.00. The molecular weight excluding hydrogens is 412 g/mol. The lowest BCUT2D eigenvalue weighted by Gasteiger charge is -2.30. The van der Waals surface area contributed by atoms with Crippen molar-refractivity contribution in [1.29, 1.82) is 0 Å². The molecule has 4 atom stereocenters. The van der Waals surface area contributed by atoms with Crippen molar-refractivity contribution in [3.8, 4) is 0 Å². The molecule has 1 rings (SSSR count). The van der Waals surface area contributed by atoms with E-state index in [0.717, 1.165) is 31.1 Å². The summed E-state index contributed by atoms with van der Waals surface area (Å²) in [6.07, 6.45) is 16.1. The van der Waals surface area contributed by atoms with Crippen molar-refractivity contribution in [2.75, 3.05) is 7.11 Å². The first-order chi connectivity index (χ1) is 15.7. The quantitative estimate of drug-likeness (QED) is 0.157. The molecule has 0 spiro atoms. The Kier molecular flexibility index (Phi) is 28.9. The SMILES string of the molecule is CC.CC(N)/C=C/CC(O)NC(C=O)C(C)C.CCC(CCC(C)C)C1CCCCC1.CO. The molecule has 1 saturated carbocycles. The van der Waals surface area contributed by atoms with E-state index in [9.17, 15) is 9.90 Å². The van der Waals surface area contributed by atoms with Crippen LogP contribution in [0.15, 0.2) is 12.2 Å². The molecule has 1 aliphatic rings. The Morgan fingerprint density at radius 3 is 1.94 bits per heavy atom. The highest BCUT2D eigenvalue weighted by molar-refractivity contribution is 5.57. The van der Waals surface area contributed by atoms with E-state index in [1.165, 1.54) is 51.4 Å². The minimum Gasteiger partial charge on any atom is -0.400 e. The minimum absolute atomic E-state index is 0.0100. The van der Waals surface area contributed by atoms with Crippen LogP contribution in [-0.2, 0) is 4.79 Å². The number of nitrogens with one attached hydrogen (secondary N) is 1. The van der Waals surface area contributed by atoms with Crippen LogP contribution in [0.3, 0.4) is 0 Å². The first-order valence-electron chi connectivity index (χ1n) is 13.5. The summed E-state index contributed by atoms with van der Waals surface area (Å²) < 4.78 is 0. The lowest BCUT2D eigenvalue weighted by molar-refractivity contribution is -0.111. The van der Waals surface area contributed by atoms with E-state index in [4.69, 9.17) is 10.8 Å². The number of hydrogen-bond acceptors (Lipinski definition) is 5. The Labute approximate surface area is 207 Å². The summed E-state index contributed by atoms with van der Waals surface area (Å²) in [5.74, 6) is 3.19. The van der Waals surface area contributed by atoms with Crippen molar-refractivity contribution in [2.24, 2.45) is 29.4 Å². The van der Waals surface area contributed by atoms with Crippen molar-refractivity contribution in [3.05, 3.63) is 12.2 Å². The Morgan fingerprint density at radius 2 is 1.55 bits per heavy atom. The summed E-state index contributed by atoms with van der Waals surface area (Å²) in [5.41, 5.74) is 5.51. The van der Waals surface area contributed by atoms with E-state index in [1.807, 2.05) is 46.8 Å². The van der Waals surface area contributed by atoms with Crippen LogP contribution < -0.4 is 11.1 Å². The number of hydrogen-bond donors (Lipinski definition) is 4. The number of rotatable bonds is 12. The zero-order chi connectivity index (χ0) is 26.2. The van der Waals surface area contributed by atoms with Gasteiger partial charge in [-0.2, -0.15) is 0 Å². The van der Waals surface area contributed by atoms with E-state index >= 15 is 0 Å². The molecule has 0 amide bonds. The van der Waals surface area contributed by atoms with Gasteiger partial charge in [-0.15, -0.1) is 0 Å². The predicted molar refractivity (Wildman–Crippen MR) is 145 cm³/mol. The van der Waals surface area contributed by atoms with E-state index in [0.29, 0.717) is 6.42 Å². The molecule has 1 fully saturated rings. The normalized spacial score (nSPS) is 17.6. The van der Waals surface area contributed by atoms with E-state index in [1.54, 1.807) is 0 Å². The molecule has 5 N–H and O–H groups in total. The van der Waals surface area contributed by atoms with Crippen LogP contribution in [0.4, 0.5) is 0 Å². The highest BCUT2D eigenvalue weighted by Gasteiger charge is 2.21. The van der Waals surface area contributed by atoms with Gasteiger partial charge in [0.05, 0.1) is 6.04 Å². The molecule has 5 heteroatoms. The summed E-state index contributed by atoms with van der Waals surface area (Å²) in [4.78, 5) is 10.7. The molecule has 1 aliphatic carbocycles. The zero-order valence-corrected chi connectivity index (χ0v) is 23.5. The van der Waals surface area contributed by atoms with Crippen molar-refractivity contribution in [2.45, 2.75) is 131 Å². The van der Waals surface area contributed by atoms with Crippen LogP contribution in [0.5, 0.6) is 0 Å². The monoisotopic (exact) mass is 472 g/mol. The molecule has 33 heavy (non-hydrogen) atoms. The summed E-state index contributed by atoms with van der Waals surface area (Å²) in [6.45, 7) is 16.8. The fraction of sp³-hybridized carbons (Fsp3) is 0.893. The first-order valence-corrected chi connectivity index (χ1v) is 13.5. The van der Waals surface area contributed by atoms with Gasteiger partial charge in [0.25, 0.3) is 0 Å². The van der Waals surface area contributed by atoms with Gasteiger partial charge >= 0.3 is 0 Å². The van der Waals surface area contributed by atoms with Gasteiger partial charge in [0.1, 0.15) is 12.5 Å². The Bertz CT molecular complexity index is 419. The van der Waals surface area contributed by atoms with Crippen molar-refractivity contribution >= 4 is 6.29 Å². The molecule has 4 unspecified atom stereocenters. The van der Waals surface area contributed by atoms with Gasteiger partial charge in [-0.05, 0) is 37.0 Å². The second kappa shape index (κ2) is 25.9. The number of aliphatic hydroxyl groups excluding tert-OH is 2. The number of aldehydes is 1. The van der Waals surface area contributed by atoms with Crippen molar-refractivity contribution in [1.82, 2.24) is 5.32 Å². The molecule has 0 radical (unpaired) electrons. The maximum atomic E-state index is 10.7. The Morgan fingerprint density at radius 1 is 1.00 bits per heavy atom. The van der Waals surface area contributed by atoms with Gasteiger partial charge in [0, 0.05) is 19.6 Å². The summed E-state index contributed by atoms with van der Waals surface area (Å²) >= 11 is 0. The number of aliphatic hydroxyl groups is 2. The molecule has 0 bridgehead atoms. The maximum Gasteiger partial charge on any atom is 0.137 e. The second-order valence-corrected chi connectivity index (χ2v) is 9.65. The van der Waals surface area contributed by atoms with Gasteiger partial charge in [-0.1, -0.05) is 106 Å². The van der Waals surface area contributed by atoms with Crippen LogP contribution >= 0.6 is 0 Å². The van der Waals surface area contributed by atoms with Crippen LogP contribution in [0.2, 0.25) is 0 Å². The average Bonchev–Trinajstić information content (AvgIpc) is 2.81. The van der Waals surface area contributed by atoms with Gasteiger partial charge < -0.3 is 20.7 Å². The molecule has 200 valence electrons. The van der Waals surface area contributed by atoms with Gasteiger partial charge in [0.2, 0.25) is 0 Å². The van der Waals surface area contributed by atoms with Crippen LogP contribution in [0, 0.1) is 23.7 Å². The molecular formula is C28H60N2O3. The summed E-state index contributed by atoms with van der Waals surface area (Å²) in [5, 5.41) is 19.4. The lowest BCUT2D eigenvalue weighted by Crippen LogP contribution is -2.42. The van der Waals surface area contributed by atoms with Gasteiger partial charge in [-0.25, -0.2) is 0 Å². The van der Waals surface area contributed by atoms with Crippen molar-refractivity contribution < 1.29 is 15.0 Å². The third kappa shape index (κ3) is 22.8. The second-order valence-electron chi connectivity index (χ2n) is 9.65. The maximum absolute atomic E-state index is 10.7. The van der Waals surface area contributed by atoms with E-state index in [-0.39, 0.29) is 18.0 Å². The van der Waals surface area contributed by atoms with E-state index < -0.39 is 6.23 Å². The zero-order valence-electron chi connectivity index (χ0n) is 23.5. The first kappa shape index (κ1) is 36.8. The summed E-state index contributed by atoms with van der Waals surface area (Å²) in [6, 6.07) is -0.312. The van der Waals surface area contributed by atoms with Gasteiger partial charge in [0.15, 0.2) is 0 Å². The predicted octanol–water partition coefficient (Wildman–Crippen LogP) is 6.08. The Balaban J connectivity index is -0.000000474. The lowest BCUT2D eigenvalue weighted by atomic mass is 9.76. The van der Waals surface area contributed by atoms with Gasteiger partial charge in [-0.3, -0.25) is 5.32 Å². The standard InChI is InChI=1S/C14H28.C11H22N2O2.C2H6.CH4O/c1-4-13(11-10-12(2)3)14-8-6-5-7-9-14;1-8(2)10(7-14)13-11(15)6-4-5-9(3)12;2*1-2/h12-14H,4-11H2,1-3H3;4-5,7-11,13,15H,6,12H2,1-3H3;1-2H3;2H,1H3/b;5-4+;;. The largest absolute Gasteiger partial charge is 0.400 e. The van der Waals surface area contributed by atoms with Crippen molar-refractivity contribution in [3.63, 3.8) is 0 Å². The summed E-state index contributed by atoms with van der Waals surface area (Å²) in [7, 11) is 1.00. The molecule has 5 nitrogen and oxygen atoms in total. The average molecular weight is 473 g/mol. The molecule has 0 aliphatic heterocycles. The van der Waals surface area contributed by atoms with Crippen LogP contribution in [-0.4, -0.2) is 41.9 Å². The fourth-order valence-corrected chi connectivity index (χ4v) is 4.03. The highest BCUT2D eigenvalue weighted by atomic mass is 16.3.